The van der Waals surface area contributed by atoms with E-state index in [0.717, 1.165) is 6.54 Å². The molecule has 0 unspecified atom stereocenters. The fourth-order valence-electron chi connectivity index (χ4n) is 4.23. The molecule has 0 aliphatic carbocycles. The molecule has 3 aromatic carbocycles. The van der Waals surface area contributed by atoms with Crippen molar-refractivity contribution >= 4 is 28.9 Å². The summed E-state index contributed by atoms with van der Waals surface area (Å²) in [5.41, 5.74) is 3.78. The van der Waals surface area contributed by atoms with Crippen LogP contribution in [0.4, 0.5) is 21.5 Å². The average molecular weight is 448 g/mol. The number of halogens is 1. The van der Waals surface area contributed by atoms with Gasteiger partial charge in [0.15, 0.2) is 0 Å². The van der Waals surface area contributed by atoms with E-state index in [2.05, 4.69) is 47.2 Å². The number of carbonyl (C=O) groups is 2. The van der Waals surface area contributed by atoms with Crippen LogP contribution in [0, 0.1) is 12.7 Å². The molecule has 170 valence electrons. The summed E-state index contributed by atoms with van der Waals surface area (Å²) < 4.78 is 13.1. The van der Waals surface area contributed by atoms with Crippen LogP contribution in [-0.2, 0) is 0 Å². The van der Waals surface area contributed by atoms with E-state index in [-0.39, 0.29) is 11.6 Å². The summed E-state index contributed by atoms with van der Waals surface area (Å²) in [6.07, 6.45) is 0. The molecule has 1 aliphatic rings. The third-order valence-electron chi connectivity index (χ3n) is 5.89. The first-order valence-electron chi connectivity index (χ1n) is 10.8. The van der Waals surface area contributed by atoms with Gasteiger partial charge in [0.25, 0.3) is 5.91 Å². The zero-order chi connectivity index (χ0) is 23.5. The normalized spacial score (nSPS) is 15.9. The Hall–Kier alpha value is -3.87. The van der Waals surface area contributed by atoms with Gasteiger partial charge < -0.3 is 20.2 Å². The summed E-state index contributed by atoms with van der Waals surface area (Å²) >= 11 is 0. The van der Waals surface area contributed by atoms with Crippen LogP contribution >= 0.6 is 0 Å². The largest absolute Gasteiger partial charge is 0.478 e. The Labute approximate surface area is 192 Å². The van der Waals surface area contributed by atoms with Crippen molar-refractivity contribution in [3.05, 3.63) is 89.2 Å². The van der Waals surface area contributed by atoms with Crippen LogP contribution in [0.5, 0.6) is 0 Å². The molecule has 6 nitrogen and oxygen atoms in total. The number of benzene rings is 3. The Morgan fingerprint density at radius 3 is 2.45 bits per heavy atom. The van der Waals surface area contributed by atoms with Gasteiger partial charge in [-0.3, -0.25) is 4.79 Å². The van der Waals surface area contributed by atoms with Gasteiger partial charge in [0, 0.05) is 42.6 Å². The molecule has 3 aromatic rings. The number of aromatic carboxylic acids is 1. The first-order chi connectivity index (χ1) is 15.8. The van der Waals surface area contributed by atoms with E-state index in [4.69, 9.17) is 0 Å². The first kappa shape index (κ1) is 22.3. The van der Waals surface area contributed by atoms with E-state index in [1.807, 2.05) is 6.07 Å². The summed E-state index contributed by atoms with van der Waals surface area (Å²) in [4.78, 5) is 28.9. The molecular formula is C26H26FN3O3. The quantitative estimate of drug-likeness (QED) is 0.588. The fourth-order valence-corrected chi connectivity index (χ4v) is 4.23. The van der Waals surface area contributed by atoms with Gasteiger partial charge >= 0.3 is 5.97 Å². The number of anilines is 3. The number of carboxylic acid groups (broad SMARTS) is 1. The third kappa shape index (κ3) is 4.98. The number of nitrogens with zero attached hydrogens (tertiary/aromatic N) is 2. The Morgan fingerprint density at radius 2 is 1.79 bits per heavy atom. The number of piperazine rings is 1. The van der Waals surface area contributed by atoms with Crippen molar-refractivity contribution in [2.75, 3.05) is 34.8 Å². The summed E-state index contributed by atoms with van der Waals surface area (Å²) in [5.74, 6) is -1.92. The van der Waals surface area contributed by atoms with Crippen molar-refractivity contribution < 1.29 is 19.1 Å². The second-order valence-electron chi connectivity index (χ2n) is 8.33. The van der Waals surface area contributed by atoms with Crippen LogP contribution in [0.3, 0.4) is 0 Å². The predicted octanol–water partition coefficient (Wildman–Crippen LogP) is 4.80. The zero-order valence-corrected chi connectivity index (χ0v) is 18.6. The number of amides is 1. The summed E-state index contributed by atoms with van der Waals surface area (Å²) in [5, 5.41) is 12.5. The van der Waals surface area contributed by atoms with Crippen LogP contribution in [0.25, 0.3) is 0 Å². The number of carbonyl (C=O) groups excluding carboxylic acids is 1. The highest BCUT2D eigenvalue weighted by atomic mass is 19.1. The highest BCUT2D eigenvalue weighted by Gasteiger charge is 2.27. The van der Waals surface area contributed by atoms with Gasteiger partial charge in [-0.15, -0.1) is 0 Å². The Morgan fingerprint density at radius 1 is 1.03 bits per heavy atom. The molecular weight excluding hydrogens is 421 g/mol. The Bertz CT molecular complexity index is 1180. The van der Waals surface area contributed by atoms with E-state index in [1.54, 1.807) is 12.1 Å². The molecule has 0 spiro atoms. The lowest BCUT2D eigenvalue weighted by molar-refractivity contribution is 0.0697. The van der Waals surface area contributed by atoms with E-state index < -0.39 is 17.7 Å². The summed E-state index contributed by atoms with van der Waals surface area (Å²) in [6, 6.07) is 18.6. The summed E-state index contributed by atoms with van der Waals surface area (Å²) in [6.45, 7) is 6.33. The lowest BCUT2D eigenvalue weighted by atomic mass is 10.1. The van der Waals surface area contributed by atoms with E-state index in [0.29, 0.717) is 30.0 Å². The number of aryl methyl sites for hydroxylation is 1. The first-order valence-corrected chi connectivity index (χ1v) is 10.8. The molecule has 1 atom stereocenters. The van der Waals surface area contributed by atoms with Crippen LogP contribution in [0.1, 0.15) is 33.2 Å². The van der Waals surface area contributed by atoms with E-state index in [1.165, 1.54) is 41.6 Å². The molecule has 1 aliphatic heterocycles. The van der Waals surface area contributed by atoms with Crippen molar-refractivity contribution in [2.45, 2.75) is 19.9 Å². The predicted molar refractivity (Wildman–Crippen MR) is 128 cm³/mol. The van der Waals surface area contributed by atoms with Crippen LogP contribution in [-0.4, -0.2) is 42.7 Å². The second-order valence-corrected chi connectivity index (χ2v) is 8.33. The van der Waals surface area contributed by atoms with Gasteiger partial charge in [-0.2, -0.15) is 0 Å². The van der Waals surface area contributed by atoms with Gasteiger partial charge in [-0.25, -0.2) is 9.18 Å². The van der Waals surface area contributed by atoms with Crippen LogP contribution in [0.2, 0.25) is 0 Å². The van der Waals surface area contributed by atoms with Crippen molar-refractivity contribution in [1.29, 1.82) is 0 Å². The van der Waals surface area contributed by atoms with Gasteiger partial charge in [0.1, 0.15) is 5.82 Å². The van der Waals surface area contributed by atoms with Crippen LogP contribution < -0.4 is 15.1 Å². The zero-order valence-electron chi connectivity index (χ0n) is 18.6. The number of carboxylic acids is 1. The third-order valence-corrected chi connectivity index (χ3v) is 5.89. The highest BCUT2D eigenvalue weighted by Crippen LogP contribution is 2.29. The minimum atomic E-state index is -1.06. The molecule has 0 bridgehead atoms. The SMILES string of the molecule is Cc1cccc(N2CCN(c3ccc(NC(=O)c4ccc(F)cc4)cc3C(=O)O)C[C@H]2C)c1. The van der Waals surface area contributed by atoms with Crippen molar-refractivity contribution in [2.24, 2.45) is 0 Å². The Kier molecular flexibility index (Phi) is 6.31. The Balaban J connectivity index is 1.52. The molecule has 1 saturated heterocycles. The van der Waals surface area contributed by atoms with Crippen molar-refractivity contribution in [3.8, 4) is 0 Å². The highest BCUT2D eigenvalue weighted by molar-refractivity contribution is 6.05. The smallest absolute Gasteiger partial charge is 0.337 e. The van der Waals surface area contributed by atoms with Crippen molar-refractivity contribution in [3.63, 3.8) is 0 Å². The summed E-state index contributed by atoms with van der Waals surface area (Å²) in [7, 11) is 0. The number of hydrogen-bond acceptors (Lipinski definition) is 4. The maximum absolute atomic E-state index is 13.1. The molecule has 1 fully saturated rings. The average Bonchev–Trinajstić information content (AvgIpc) is 2.79. The molecule has 0 radical (unpaired) electrons. The molecule has 33 heavy (non-hydrogen) atoms. The topological polar surface area (TPSA) is 72.9 Å². The minimum absolute atomic E-state index is 0.128. The van der Waals surface area contributed by atoms with E-state index >= 15 is 0 Å². The second kappa shape index (κ2) is 9.32. The molecule has 1 amide bonds. The fraction of sp³-hybridized carbons (Fsp3) is 0.231. The number of hydrogen-bond donors (Lipinski definition) is 2. The molecule has 4 rings (SSSR count). The maximum Gasteiger partial charge on any atom is 0.337 e. The molecule has 0 aromatic heterocycles. The monoisotopic (exact) mass is 447 g/mol. The van der Waals surface area contributed by atoms with E-state index in [9.17, 15) is 19.1 Å². The van der Waals surface area contributed by atoms with Crippen molar-refractivity contribution in [1.82, 2.24) is 0 Å². The number of nitrogens with one attached hydrogen (secondary N) is 1. The standard InChI is InChI=1S/C26H26FN3O3/c1-17-4-3-5-22(14-17)30-13-12-29(16-18(30)2)24-11-10-21(15-23(24)26(32)33)28-25(31)19-6-8-20(27)9-7-19/h3-11,14-15,18H,12-13,16H2,1-2H3,(H,28,31)(H,32,33)/t18-/m1/s1. The van der Waals surface area contributed by atoms with Crippen LogP contribution in [0.15, 0.2) is 66.7 Å². The molecule has 7 heteroatoms. The lowest BCUT2D eigenvalue weighted by Crippen LogP contribution is -2.52. The van der Waals surface area contributed by atoms with Gasteiger partial charge in [-0.1, -0.05) is 12.1 Å². The molecule has 0 saturated carbocycles. The molecule has 2 N–H and O–H groups in total. The van der Waals surface area contributed by atoms with Gasteiger partial charge in [-0.05, 0) is 74.0 Å². The van der Waals surface area contributed by atoms with Gasteiger partial charge in [0.2, 0.25) is 0 Å². The van der Waals surface area contributed by atoms with Gasteiger partial charge in [0.05, 0.1) is 11.3 Å². The maximum atomic E-state index is 13.1. The molecule has 1 heterocycles. The number of rotatable bonds is 5. The minimum Gasteiger partial charge on any atom is -0.478 e. The lowest BCUT2D eigenvalue weighted by Gasteiger charge is -2.42.